The van der Waals surface area contributed by atoms with Gasteiger partial charge in [-0.05, 0) is 66.6 Å². The molecule has 230 valence electrons. The molecule has 1 saturated heterocycles. The summed E-state index contributed by atoms with van der Waals surface area (Å²) >= 11 is 3.18. The number of thioether (sulfide) groups is 1. The van der Waals surface area contributed by atoms with Crippen molar-refractivity contribution in [2.45, 2.75) is 42.8 Å². The number of ether oxygens (including phenoxy) is 3. The Bertz CT molecular complexity index is 1700. The van der Waals surface area contributed by atoms with Crippen LogP contribution in [0.15, 0.2) is 107 Å². The Labute approximate surface area is 269 Å². The van der Waals surface area contributed by atoms with E-state index in [1.807, 2.05) is 85.8 Å². The summed E-state index contributed by atoms with van der Waals surface area (Å²) in [6, 6.07) is 31.6. The van der Waals surface area contributed by atoms with Gasteiger partial charge < -0.3 is 30.0 Å². The number of aliphatic hydroxyl groups excluding tert-OH is 1. The van der Waals surface area contributed by atoms with Crippen LogP contribution < -0.4 is 15.4 Å². The van der Waals surface area contributed by atoms with Gasteiger partial charge in [-0.2, -0.15) is 0 Å². The Kier molecular flexibility index (Phi) is 10.0. The molecule has 0 spiro atoms. The quantitative estimate of drug-likeness (QED) is 0.131. The van der Waals surface area contributed by atoms with Crippen LogP contribution >= 0.6 is 23.1 Å². The number of aromatic nitrogens is 2. The molecule has 3 atom stereocenters. The highest BCUT2D eigenvalue weighted by Gasteiger charge is 2.32. The van der Waals surface area contributed by atoms with Crippen molar-refractivity contribution in [1.82, 2.24) is 10.2 Å². The van der Waals surface area contributed by atoms with E-state index in [0.717, 1.165) is 31.8 Å². The molecule has 9 nitrogen and oxygen atoms in total. The van der Waals surface area contributed by atoms with Gasteiger partial charge in [0, 0.05) is 29.1 Å². The van der Waals surface area contributed by atoms with Gasteiger partial charge in [-0.25, -0.2) is 4.79 Å². The Morgan fingerprint density at radius 1 is 0.889 bits per heavy atom. The van der Waals surface area contributed by atoms with Crippen LogP contribution in [0.3, 0.4) is 0 Å². The lowest BCUT2D eigenvalue weighted by Crippen LogP contribution is -2.31. The van der Waals surface area contributed by atoms with Crippen LogP contribution in [-0.4, -0.2) is 33.2 Å². The molecule has 1 aliphatic heterocycles. The largest absolute Gasteiger partial charge is 0.457 e. The molecule has 2 amide bonds. The second-order valence-electron chi connectivity index (χ2n) is 10.4. The monoisotopic (exact) mass is 640 g/mol. The summed E-state index contributed by atoms with van der Waals surface area (Å²) in [7, 11) is 0. The minimum absolute atomic E-state index is 0.0145. The minimum atomic E-state index is -0.648. The van der Waals surface area contributed by atoms with Gasteiger partial charge in [-0.15, -0.1) is 10.2 Å². The Morgan fingerprint density at radius 2 is 1.64 bits per heavy atom. The summed E-state index contributed by atoms with van der Waals surface area (Å²) in [4.78, 5) is 12.9. The SMILES string of the molecule is Cc1nnc(SCC2CC(c3ccc(CO)cc3)OC(c3cccc(NC(=O)Nc4ccc(Oc5ccccc5)cc4)c3)O2)s1. The molecule has 0 radical (unpaired) electrons. The predicted octanol–water partition coefficient (Wildman–Crippen LogP) is 8.11. The maximum Gasteiger partial charge on any atom is 0.323 e. The highest BCUT2D eigenvalue weighted by atomic mass is 32.2. The molecular weight excluding hydrogens is 609 g/mol. The molecule has 3 N–H and O–H groups in total. The Hall–Kier alpha value is -4.26. The van der Waals surface area contributed by atoms with Crippen molar-refractivity contribution >= 4 is 40.5 Å². The third-order valence-corrected chi connectivity index (χ3v) is 9.13. The molecule has 2 heterocycles. The number of aliphatic hydroxyl groups is 1. The molecule has 1 aromatic heterocycles. The minimum Gasteiger partial charge on any atom is -0.457 e. The smallest absolute Gasteiger partial charge is 0.323 e. The zero-order valence-electron chi connectivity index (χ0n) is 24.5. The molecule has 11 heteroatoms. The van der Waals surface area contributed by atoms with Gasteiger partial charge in [0.2, 0.25) is 0 Å². The number of carbonyl (C=O) groups excluding carboxylic acids is 1. The number of anilines is 2. The van der Waals surface area contributed by atoms with Gasteiger partial charge in [-0.3, -0.25) is 0 Å². The van der Waals surface area contributed by atoms with E-state index in [0.29, 0.717) is 29.3 Å². The molecule has 3 unspecified atom stereocenters. The van der Waals surface area contributed by atoms with Crippen molar-refractivity contribution in [3.8, 4) is 11.5 Å². The van der Waals surface area contributed by atoms with Crippen molar-refractivity contribution in [3.05, 3.63) is 125 Å². The number of hydrogen-bond donors (Lipinski definition) is 3. The van der Waals surface area contributed by atoms with Crippen LogP contribution in [0.1, 0.15) is 40.5 Å². The van der Waals surface area contributed by atoms with Crippen LogP contribution in [0.2, 0.25) is 0 Å². The van der Waals surface area contributed by atoms with Crippen molar-refractivity contribution in [2.24, 2.45) is 0 Å². The number of hydrogen-bond acceptors (Lipinski definition) is 9. The first kappa shape index (κ1) is 30.8. The first-order valence-electron chi connectivity index (χ1n) is 14.5. The van der Waals surface area contributed by atoms with Crippen molar-refractivity contribution in [1.29, 1.82) is 0 Å². The number of urea groups is 1. The van der Waals surface area contributed by atoms with E-state index >= 15 is 0 Å². The molecule has 45 heavy (non-hydrogen) atoms. The van der Waals surface area contributed by atoms with E-state index in [-0.39, 0.29) is 24.8 Å². The van der Waals surface area contributed by atoms with E-state index in [2.05, 4.69) is 20.8 Å². The number of nitrogens with one attached hydrogen (secondary N) is 2. The molecule has 1 aliphatic rings. The maximum absolute atomic E-state index is 12.9. The normalized spacial score (nSPS) is 17.9. The number of amides is 2. The van der Waals surface area contributed by atoms with E-state index in [1.54, 1.807) is 47.4 Å². The van der Waals surface area contributed by atoms with E-state index in [4.69, 9.17) is 14.2 Å². The lowest BCUT2D eigenvalue weighted by molar-refractivity contribution is -0.245. The van der Waals surface area contributed by atoms with Gasteiger partial charge >= 0.3 is 6.03 Å². The van der Waals surface area contributed by atoms with Crippen molar-refractivity contribution < 1.29 is 24.1 Å². The number of nitrogens with zero attached hydrogens (tertiary/aromatic N) is 2. The molecule has 0 aliphatic carbocycles. The van der Waals surface area contributed by atoms with Crippen molar-refractivity contribution in [3.63, 3.8) is 0 Å². The molecule has 0 bridgehead atoms. The second-order valence-corrected chi connectivity index (χ2v) is 12.8. The lowest BCUT2D eigenvalue weighted by atomic mass is 10.0. The second kappa shape index (κ2) is 14.7. The van der Waals surface area contributed by atoms with Crippen LogP contribution in [0.5, 0.6) is 11.5 Å². The first-order valence-corrected chi connectivity index (χ1v) is 16.3. The van der Waals surface area contributed by atoms with Crippen molar-refractivity contribution in [2.75, 3.05) is 16.4 Å². The van der Waals surface area contributed by atoms with Gasteiger partial charge in [0.05, 0.1) is 18.8 Å². The summed E-state index contributed by atoms with van der Waals surface area (Å²) in [6.07, 6.45) is -0.318. The summed E-state index contributed by atoms with van der Waals surface area (Å²) in [5, 5.41) is 24.5. The Balaban J connectivity index is 1.11. The van der Waals surface area contributed by atoms with Crippen LogP contribution in [0.25, 0.3) is 0 Å². The number of aryl methyl sites for hydroxylation is 1. The summed E-state index contributed by atoms with van der Waals surface area (Å²) in [6.45, 7) is 1.92. The number of para-hydroxylation sites is 1. The standard InChI is InChI=1S/C34H32N4O5S2/c1-22-37-38-34(45-22)44-21-30-19-31(24-12-10-23(20-39)11-13-24)43-32(42-30)25-6-5-7-27(18-25)36-33(40)35-26-14-16-29(17-15-26)41-28-8-3-2-4-9-28/h2-18,30-32,39H,19-21H2,1H3,(H2,35,36,40). The first-order chi connectivity index (χ1) is 22.0. The molecule has 1 fully saturated rings. The molecule has 0 saturated carbocycles. The number of rotatable bonds is 10. The average molecular weight is 641 g/mol. The van der Waals surface area contributed by atoms with Gasteiger partial charge in [0.15, 0.2) is 10.6 Å². The third kappa shape index (κ3) is 8.47. The topological polar surface area (TPSA) is 115 Å². The fraction of sp³-hybridized carbons (Fsp3) is 0.206. The highest BCUT2D eigenvalue weighted by molar-refractivity contribution is 8.01. The highest BCUT2D eigenvalue weighted by Crippen LogP contribution is 2.40. The predicted molar refractivity (Wildman–Crippen MR) is 176 cm³/mol. The van der Waals surface area contributed by atoms with Crippen LogP contribution in [0, 0.1) is 6.92 Å². The van der Waals surface area contributed by atoms with E-state index in [1.165, 1.54) is 0 Å². The zero-order valence-corrected chi connectivity index (χ0v) is 26.1. The average Bonchev–Trinajstić information content (AvgIpc) is 3.50. The van der Waals surface area contributed by atoms with E-state index in [9.17, 15) is 9.90 Å². The molecule has 5 aromatic rings. The van der Waals surface area contributed by atoms with Gasteiger partial charge in [0.1, 0.15) is 16.5 Å². The van der Waals surface area contributed by atoms with Gasteiger partial charge in [-0.1, -0.05) is 77.7 Å². The van der Waals surface area contributed by atoms with E-state index < -0.39 is 6.29 Å². The number of carbonyl (C=O) groups is 1. The molecular formula is C34H32N4O5S2. The number of benzene rings is 4. The zero-order chi connectivity index (χ0) is 31.0. The molecule has 4 aromatic carbocycles. The van der Waals surface area contributed by atoms with Gasteiger partial charge in [0.25, 0.3) is 0 Å². The fourth-order valence-electron chi connectivity index (χ4n) is 4.81. The summed E-state index contributed by atoms with van der Waals surface area (Å²) < 4.78 is 19.6. The third-order valence-electron chi connectivity index (χ3n) is 7.02. The fourth-order valence-corrected chi connectivity index (χ4v) is 6.67. The summed E-state index contributed by atoms with van der Waals surface area (Å²) in [5.74, 6) is 2.10. The van der Waals surface area contributed by atoms with Crippen LogP contribution in [-0.2, 0) is 16.1 Å². The summed E-state index contributed by atoms with van der Waals surface area (Å²) in [5.41, 5.74) is 3.87. The molecule has 6 rings (SSSR count). The van der Waals surface area contributed by atoms with Crippen LogP contribution in [0.4, 0.5) is 16.2 Å². The maximum atomic E-state index is 12.9. The Morgan fingerprint density at radius 3 is 2.38 bits per heavy atom. The lowest BCUT2D eigenvalue weighted by Gasteiger charge is -2.36.